The van der Waals surface area contributed by atoms with Gasteiger partial charge in [0.05, 0.1) is 17.1 Å². The van der Waals surface area contributed by atoms with Gasteiger partial charge in [0.1, 0.15) is 0 Å². The Morgan fingerprint density at radius 2 is 2.04 bits per heavy atom. The van der Waals surface area contributed by atoms with E-state index >= 15 is 0 Å². The summed E-state index contributed by atoms with van der Waals surface area (Å²) < 4.78 is 0. The largest absolute Gasteiger partial charge is 0.343 e. The van der Waals surface area contributed by atoms with Gasteiger partial charge < -0.3 is 10.2 Å². The summed E-state index contributed by atoms with van der Waals surface area (Å²) in [5, 5.41) is 2.87. The van der Waals surface area contributed by atoms with E-state index in [4.69, 9.17) is 9.97 Å². The molecule has 1 aromatic carbocycles. The van der Waals surface area contributed by atoms with Crippen LogP contribution in [-0.2, 0) is 12.8 Å². The normalized spacial score (nSPS) is 18.7. The summed E-state index contributed by atoms with van der Waals surface area (Å²) >= 11 is 1.67. The second-order valence-corrected chi connectivity index (χ2v) is 7.51. The molecule has 5 nitrogen and oxygen atoms in total. The predicted molar refractivity (Wildman–Crippen MR) is 94.5 cm³/mol. The number of benzene rings is 1. The summed E-state index contributed by atoms with van der Waals surface area (Å²) in [6.45, 7) is 2.11. The van der Waals surface area contributed by atoms with Gasteiger partial charge in [0.15, 0.2) is 0 Å². The van der Waals surface area contributed by atoms with Crippen LogP contribution in [0.4, 0.5) is 5.95 Å². The molecule has 1 aliphatic carbocycles. The van der Waals surface area contributed by atoms with Crippen LogP contribution in [0.3, 0.4) is 0 Å². The molecule has 1 N–H and O–H groups in total. The summed E-state index contributed by atoms with van der Waals surface area (Å²) in [6, 6.07) is 6.09. The molecule has 2 aliphatic heterocycles. The number of hydrogen-bond acceptors (Lipinski definition) is 5. The quantitative estimate of drug-likeness (QED) is 0.912. The van der Waals surface area contributed by atoms with E-state index in [0.29, 0.717) is 5.88 Å². The monoisotopic (exact) mass is 338 g/mol. The van der Waals surface area contributed by atoms with Crippen molar-refractivity contribution in [3.63, 3.8) is 0 Å². The van der Waals surface area contributed by atoms with Crippen LogP contribution in [0, 0.1) is 0 Å². The minimum absolute atomic E-state index is 0.0180. The zero-order chi connectivity index (χ0) is 16.1. The molecule has 1 saturated heterocycles. The number of hydrogen-bond donors (Lipinski definition) is 1. The van der Waals surface area contributed by atoms with E-state index in [-0.39, 0.29) is 5.91 Å². The van der Waals surface area contributed by atoms with Gasteiger partial charge in [-0.3, -0.25) is 4.79 Å². The van der Waals surface area contributed by atoms with Crippen LogP contribution in [0.2, 0.25) is 0 Å². The fraction of sp³-hybridized carbons (Fsp3) is 0.389. The number of carbonyl (C=O) groups excluding carboxylic acids is 1. The molecule has 2 aromatic rings. The lowest BCUT2D eigenvalue weighted by molar-refractivity contribution is 0.0955. The predicted octanol–water partition coefficient (Wildman–Crippen LogP) is 2.64. The SMILES string of the molecule is O=C1NCSc2cc(-c3nc(N4CCC4)nc4c3CCC4)ccc21. The molecule has 3 aliphatic rings. The number of anilines is 1. The third-order valence-electron chi connectivity index (χ3n) is 5.02. The van der Waals surface area contributed by atoms with Crippen molar-refractivity contribution < 1.29 is 4.79 Å². The minimum atomic E-state index is 0.0180. The summed E-state index contributed by atoms with van der Waals surface area (Å²) in [5.41, 5.74) is 5.45. The average molecular weight is 338 g/mol. The van der Waals surface area contributed by atoms with Crippen molar-refractivity contribution in [3.05, 3.63) is 35.0 Å². The van der Waals surface area contributed by atoms with Crippen molar-refractivity contribution in [3.8, 4) is 11.3 Å². The van der Waals surface area contributed by atoms with Gasteiger partial charge >= 0.3 is 0 Å². The van der Waals surface area contributed by atoms with Crippen molar-refractivity contribution in [2.45, 2.75) is 30.6 Å². The molecule has 0 unspecified atom stereocenters. The first kappa shape index (κ1) is 14.3. The number of thioether (sulfide) groups is 1. The highest BCUT2D eigenvalue weighted by atomic mass is 32.2. The fourth-order valence-electron chi connectivity index (χ4n) is 3.57. The molecule has 0 spiro atoms. The van der Waals surface area contributed by atoms with Gasteiger partial charge in [0.2, 0.25) is 5.95 Å². The molecule has 0 radical (unpaired) electrons. The van der Waals surface area contributed by atoms with Crippen LogP contribution in [-0.4, -0.2) is 34.8 Å². The van der Waals surface area contributed by atoms with Gasteiger partial charge in [0.25, 0.3) is 5.91 Å². The molecule has 122 valence electrons. The maximum atomic E-state index is 12.0. The number of amides is 1. The van der Waals surface area contributed by atoms with Crippen LogP contribution < -0.4 is 10.2 Å². The fourth-order valence-corrected chi connectivity index (χ4v) is 4.45. The van der Waals surface area contributed by atoms with Crippen LogP contribution in [0.1, 0.15) is 34.5 Å². The maximum Gasteiger partial charge on any atom is 0.253 e. The van der Waals surface area contributed by atoms with E-state index in [0.717, 1.165) is 60.0 Å². The zero-order valence-electron chi connectivity index (χ0n) is 13.3. The Kier molecular flexibility index (Phi) is 3.26. The number of aryl methyl sites for hydroxylation is 1. The van der Waals surface area contributed by atoms with E-state index in [9.17, 15) is 4.79 Å². The van der Waals surface area contributed by atoms with Crippen molar-refractivity contribution >= 4 is 23.6 Å². The Balaban J connectivity index is 1.63. The molecule has 6 heteroatoms. The standard InChI is InChI=1S/C18H18N4OS/c23-17-13-6-5-11(9-15(13)24-10-19-17)16-12-3-1-4-14(12)20-18(21-16)22-7-2-8-22/h5-6,9H,1-4,7-8,10H2,(H,19,23). The van der Waals surface area contributed by atoms with E-state index in [1.54, 1.807) is 11.8 Å². The zero-order valence-corrected chi connectivity index (χ0v) is 14.2. The number of carbonyl (C=O) groups is 1. The van der Waals surface area contributed by atoms with E-state index in [1.165, 1.54) is 17.7 Å². The topological polar surface area (TPSA) is 58.1 Å². The lowest BCUT2D eigenvalue weighted by atomic mass is 10.0. The number of nitrogens with one attached hydrogen (secondary N) is 1. The summed E-state index contributed by atoms with van der Waals surface area (Å²) in [7, 11) is 0. The maximum absolute atomic E-state index is 12.0. The Morgan fingerprint density at radius 3 is 2.88 bits per heavy atom. The van der Waals surface area contributed by atoms with Gasteiger partial charge in [-0.05, 0) is 37.8 Å². The average Bonchev–Trinajstić information content (AvgIpc) is 3.01. The van der Waals surface area contributed by atoms with Gasteiger partial charge in [-0.1, -0.05) is 6.07 Å². The van der Waals surface area contributed by atoms with Crippen LogP contribution >= 0.6 is 11.8 Å². The molecule has 1 fully saturated rings. The van der Waals surface area contributed by atoms with Gasteiger partial charge in [-0.2, -0.15) is 0 Å². The van der Waals surface area contributed by atoms with E-state index in [2.05, 4.69) is 16.3 Å². The Bertz CT molecular complexity index is 847. The highest BCUT2D eigenvalue weighted by Crippen LogP contribution is 2.36. The van der Waals surface area contributed by atoms with Crippen LogP contribution in [0.15, 0.2) is 23.1 Å². The molecule has 0 atom stereocenters. The highest BCUT2D eigenvalue weighted by molar-refractivity contribution is 7.99. The number of fused-ring (bicyclic) bond motifs is 2. The summed E-state index contributed by atoms with van der Waals surface area (Å²) in [6.07, 6.45) is 4.48. The smallest absolute Gasteiger partial charge is 0.253 e. The van der Waals surface area contributed by atoms with Gasteiger partial charge in [-0.25, -0.2) is 9.97 Å². The third kappa shape index (κ3) is 2.20. The van der Waals surface area contributed by atoms with Crippen molar-refractivity contribution in [1.82, 2.24) is 15.3 Å². The first-order valence-corrected chi connectivity index (χ1v) is 9.48. The molecule has 5 rings (SSSR count). The lowest BCUT2D eigenvalue weighted by Crippen LogP contribution is -2.38. The molecule has 0 saturated carbocycles. The highest BCUT2D eigenvalue weighted by Gasteiger charge is 2.25. The lowest BCUT2D eigenvalue weighted by Gasteiger charge is -2.31. The summed E-state index contributed by atoms with van der Waals surface area (Å²) in [4.78, 5) is 25.0. The number of rotatable bonds is 2. The van der Waals surface area contributed by atoms with Crippen LogP contribution in [0.5, 0.6) is 0 Å². The number of aromatic nitrogens is 2. The first-order chi connectivity index (χ1) is 11.8. The molecule has 1 aromatic heterocycles. The Morgan fingerprint density at radius 1 is 1.12 bits per heavy atom. The first-order valence-electron chi connectivity index (χ1n) is 8.50. The van der Waals surface area contributed by atoms with E-state index in [1.807, 2.05) is 12.1 Å². The van der Waals surface area contributed by atoms with Crippen LogP contribution in [0.25, 0.3) is 11.3 Å². The van der Waals surface area contributed by atoms with Crippen molar-refractivity contribution in [2.24, 2.45) is 0 Å². The molecule has 1 amide bonds. The second-order valence-electron chi connectivity index (χ2n) is 6.50. The van der Waals surface area contributed by atoms with Crippen molar-refractivity contribution in [1.29, 1.82) is 0 Å². The Labute approximate surface area is 144 Å². The number of nitrogens with zero attached hydrogens (tertiary/aromatic N) is 3. The molecular formula is C18H18N4OS. The second kappa shape index (κ2) is 5.48. The molecule has 24 heavy (non-hydrogen) atoms. The molecule has 0 bridgehead atoms. The van der Waals surface area contributed by atoms with Gasteiger partial charge in [-0.15, -0.1) is 11.8 Å². The van der Waals surface area contributed by atoms with Crippen molar-refractivity contribution in [2.75, 3.05) is 23.9 Å². The molecular weight excluding hydrogens is 320 g/mol. The summed E-state index contributed by atoms with van der Waals surface area (Å²) in [5.74, 6) is 1.53. The third-order valence-corrected chi connectivity index (χ3v) is 5.96. The van der Waals surface area contributed by atoms with E-state index < -0.39 is 0 Å². The molecule has 3 heterocycles. The van der Waals surface area contributed by atoms with Gasteiger partial charge in [0, 0.05) is 34.8 Å². The minimum Gasteiger partial charge on any atom is -0.343 e. The Hall–Kier alpha value is -2.08.